The molecule has 1 N–H and O–H groups in total. The van der Waals surface area contributed by atoms with Crippen molar-refractivity contribution in [3.63, 3.8) is 0 Å². The fourth-order valence-electron chi connectivity index (χ4n) is 2.83. The highest BCUT2D eigenvalue weighted by Crippen LogP contribution is 2.32. The molecule has 3 rings (SSSR count). The van der Waals surface area contributed by atoms with E-state index in [9.17, 15) is 13.6 Å². The third-order valence-corrected chi connectivity index (χ3v) is 5.23. The van der Waals surface area contributed by atoms with Gasteiger partial charge in [-0.05, 0) is 36.2 Å². The van der Waals surface area contributed by atoms with Crippen LogP contribution in [0.15, 0.2) is 52.4 Å². The van der Waals surface area contributed by atoms with Gasteiger partial charge in [0.15, 0.2) is 16.7 Å². The van der Waals surface area contributed by atoms with Gasteiger partial charge < -0.3 is 14.6 Å². The zero-order valence-electron chi connectivity index (χ0n) is 15.7. The van der Waals surface area contributed by atoms with Gasteiger partial charge in [0.25, 0.3) is 5.56 Å². The Morgan fingerprint density at radius 1 is 1.21 bits per heavy atom. The second-order valence-electron chi connectivity index (χ2n) is 6.10. The first-order chi connectivity index (χ1) is 14.0. The summed E-state index contributed by atoms with van der Waals surface area (Å²) in [5, 5.41) is 10.2. The maximum absolute atomic E-state index is 12.8. The third-order valence-electron chi connectivity index (χ3n) is 4.18. The second kappa shape index (κ2) is 9.71. The number of aliphatic hydroxyl groups excluding tert-OH is 1. The standard InChI is InChI=1S/C20H20F2N2O4S/c1-27-17-11-13(7-8-16(17)28-19(21)22)12-29-20-23-15-6-3-2-5-14(15)18(26)24(20)9-4-10-25/h2-3,5-8,11,19,25H,4,9-10,12H2,1H3. The minimum Gasteiger partial charge on any atom is -0.493 e. The van der Waals surface area contributed by atoms with Crippen LogP contribution in [0.3, 0.4) is 0 Å². The average Bonchev–Trinajstić information content (AvgIpc) is 2.72. The number of hydrogen-bond acceptors (Lipinski definition) is 6. The quantitative estimate of drug-likeness (QED) is 0.419. The number of thioether (sulfide) groups is 1. The number of fused-ring (bicyclic) bond motifs is 1. The van der Waals surface area contributed by atoms with Crippen LogP contribution in [-0.2, 0) is 12.3 Å². The summed E-state index contributed by atoms with van der Waals surface area (Å²) in [6, 6.07) is 11.8. The number of benzene rings is 2. The second-order valence-corrected chi connectivity index (χ2v) is 7.04. The molecule has 0 atom stereocenters. The zero-order valence-corrected chi connectivity index (χ0v) is 16.5. The maximum Gasteiger partial charge on any atom is 0.387 e. The molecule has 0 spiro atoms. The Hall–Kier alpha value is -2.65. The number of aliphatic hydroxyl groups is 1. The molecule has 0 radical (unpaired) electrons. The summed E-state index contributed by atoms with van der Waals surface area (Å²) in [6.07, 6.45) is 0.432. The summed E-state index contributed by atoms with van der Waals surface area (Å²) >= 11 is 1.34. The van der Waals surface area contributed by atoms with E-state index in [1.165, 1.54) is 24.9 Å². The lowest BCUT2D eigenvalue weighted by Gasteiger charge is -2.14. The number of nitrogens with zero attached hydrogens (tertiary/aromatic N) is 2. The normalized spacial score (nSPS) is 11.2. The highest BCUT2D eigenvalue weighted by Gasteiger charge is 2.14. The predicted molar refractivity (Wildman–Crippen MR) is 107 cm³/mol. The van der Waals surface area contributed by atoms with E-state index in [4.69, 9.17) is 9.84 Å². The summed E-state index contributed by atoms with van der Waals surface area (Å²) in [5.74, 6) is 0.599. The molecular formula is C20H20F2N2O4S. The SMILES string of the molecule is COc1cc(CSc2nc3ccccc3c(=O)n2CCCO)ccc1OC(F)F. The lowest BCUT2D eigenvalue weighted by Crippen LogP contribution is -2.24. The van der Waals surface area contributed by atoms with E-state index in [0.29, 0.717) is 34.8 Å². The Balaban J connectivity index is 1.88. The Morgan fingerprint density at radius 3 is 2.72 bits per heavy atom. The Morgan fingerprint density at radius 2 is 2.00 bits per heavy atom. The van der Waals surface area contributed by atoms with Crippen LogP contribution in [0.4, 0.5) is 8.78 Å². The molecule has 3 aromatic rings. The van der Waals surface area contributed by atoms with Crippen molar-refractivity contribution in [3.8, 4) is 11.5 Å². The van der Waals surface area contributed by atoms with Gasteiger partial charge in [0.2, 0.25) is 0 Å². The van der Waals surface area contributed by atoms with Gasteiger partial charge in [-0.2, -0.15) is 8.78 Å². The molecule has 6 nitrogen and oxygen atoms in total. The minimum atomic E-state index is -2.94. The first kappa shape index (κ1) is 21.1. The van der Waals surface area contributed by atoms with Crippen molar-refractivity contribution >= 4 is 22.7 Å². The molecule has 0 aliphatic carbocycles. The van der Waals surface area contributed by atoms with Crippen molar-refractivity contribution in [1.82, 2.24) is 9.55 Å². The van der Waals surface area contributed by atoms with E-state index in [-0.39, 0.29) is 23.7 Å². The van der Waals surface area contributed by atoms with E-state index < -0.39 is 6.61 Å². The number of ether oxygens (including phenoxy) is 2. The van der Waals surface area contributed by atoms with Crippen molar-refractivity contribution in [2.24, 2.45) is 0 Å². The molecule has 0 aliphatic rings. The van der Waals surface area contributed by atoms with Crippen LogP contribution in [0.1, 0.15) is 12.0 Å². The third kappa shape index (κ3) is 5.04. The number of methoxy groups -OCH3 is 1. The fraction of sp³-hybridized carbons (Fsp3) is 0.300. The summed E-state index contributed by atoms with van der Waals surface area (Å²) in [4.78, 5) is 17.4. The van der Waals surface area contributed by atoms with Gasteiger partial charge in [-0.3, -0.25) is 9.36 Å². The van der Waals surface area contributed by atoms with Crippen LogP contribution in [0.5, 0.6) is 11.5 Å². The highest BCUT2D eigenvalue weighted by atomic mass is 32.2. The topological polar surface area (TPSA) is 73.6 Å². The molecule has 2 aromatic carbocycles. The van der Waals surface area contributed by atoms with Gasteiger partial charge in [0, 0.05) is 18.9 Å². The molecular weight excluding hydrogens is 402 g/mol. The predicted octanol–water partition coefficient (Wildman–Crippen LogP) is 3.68. The minimum absolute atomic E-state index is 0.0355. The monoisotopic (exact) mass is 422 g/mol. The molecule has 0 unspecified atom stereocenters. The Labute approximate surface area is 170 Å². The highest BCUT2D eigenvalue weighted by molar-refractivity contribution is 7.98. The van der Waals surface area contributed by atoms with E-state index in [1.807, 2.05) is 6.07 Å². The summed E-state index contributed by atoms with van der Waals surface area (Å²) in [6.45, 7) is -2.63. The maximum atomic E-state index is 12.8. The van der Waals surface area contributed by atoms with Crippen LogP contribution in [0.25, 0.3) is 10.9 Å². The molecule has 0 amide bonds. The molecule has 9 heteroatoms. The zero-order chi connectivity index (χ0) is 20.8. The van der Waals surface area contributed by atoms with Gasteiger partial charge >= 0.3 is 6.61 Å². The van der Waals surface area contributed by atoms with Crippen molar-refractivity contribution in [2.75, 3.05) is 13.7 Å². The first-order valence-electron chi connectivity index (χ1n) is 8.88. The number of alkyl halides is 2. The van der Waals surface area contributed by atoms with E-state index in [0.717, 1.165) is 5.56 Å². The van der Waals surface area contributed by atoms with Crippen molar-refractivity contribution in [1.29, 1.82) is 0 Å². The Bertz CT molecular complexity index is 1040. The van der Waals surface area contributed by atoms with Gasteiger partial charge in [-0.15, -0.1) is 0 Å². The first-order valence-corrected chi connectivity index (χ1v) is 9.87. The fourth-order valence-corrected chi connectivity index (χ4v) is 3.80. The van der Waals surface area contributed by atoms with Crippen LogP contribution < -0.4 is 15.0 Å². The molecule has 29 heavy (non-hydrogen) atoms. The van der Waals surface area contributed by atoms with Gasteiger partial charge in [-0.25, -0.2) is 4.98 Å². The van der Waals surface area contributed by atoms with E-state index >= 15 is 0 Å². The van der Waals surface area contributed by atoms with E-state index in [1.54, 1.807) is 34.9 Å². The molecule has 1 heterocycles. The summed E-state index contributed by atoms with van der Waals surface area (Å²) < 4.78 is 36.1. The molecule has 1 aromatic heterocycles. The molecule has 0 saturated carbocycles. The smallest absolute Gasteiger partial charge is 0.387 e. The number of hydrogen-bond donors (Lipinski definition) is 1. The van der Waals surface area contributed by atoms with Crippen LogP contribution in [0, 0.1) is 0 Å². The molecule has 0 bridgehead atoms. The van der Waals surface area contributed by atoms with Gasteiger partial charge in [-0.1, -0.05) is 30.0 Å². The number of aromatic nitrogens is 2. The van der Waals surface area contributed by atoms with Gasteiger partial charge in [0.05, 0.1) is 18.0 Å². The Kier molecular flexibility index (Phi) is 7.05. The molecule has 0 aliphatic heterocycles. The van der Waals surface area contributed by atoms with Crippen LogP contribution in [0.2, 0.25) is 0 Å². The van der Waals surface area contributed by atoms with Crippen molar-refractivity contribution < 1.29 is 23.4 Å². The molecule has 0 saturated heterocycles. The number of halogens is 2. The summed E-state index contributed by atoms with van der Waals surface area (Å²) in [7, 11) is 1.38. The van der Waals surface area contributed by atoms with Crippen LogP contribution >= 0.6 is 11.8 Å². The van der Waals surface area contributed by atoms with E-state index in [2.05, 4.69) is 9.72 Å². The molecule has 0 fully saturated rings. The molecule has 154 valence electrons. The van der Waals surface area contributed by atoms with Crippen molar-refractivity contribution in [3.05, 3.63) is 58.4 Å². The average molecular weight is 422 g/mol. The number of para-hydroxylation sites is 1. The van der Waals surface area contributed by atoms with Gasteiger partial charge in [0.1, 0.15) is 0 Å². The van der Waals surface area contributed by atoms with Crippen molar-refractivity contribution in [2.45, 2.75) is 30.5 Å². The largest absolute Gasteiger partial charge is 0.493 e. The lowest BCUT2D eigenvalue weighted by atomic mass is 10.2. The summed E-state index contributed by atoms with van der Waals surface area (Å²) in [5.41, 5.74) is 1.23. The van der Waals surface area contributed by atoms with Crippen LogP contribution in [-0.4, -0.2) is 35.0 Å². The lowest BCUT2D eigenvalue weighted by molar-refractivity contribution is -0.0512. The number of rotatable bonds is 9.